The first-order valence-electron chi connectivity index (χ1n) is 6.06. The van der Waals surface area contributed by atoms with Crippen LogP contribution in [0.25, 0.3) is 0 Å². The predicted octanol–water partition coefficient (Wildman–Crippen LogP) is 1.33. The minimum atomic E-state index is -0.271. The normalized spacial score (nSPS) is 19.4. The summed E-state index contributed by atoms with van der Waals surface area (Å²) in [5.41, 5.74) is 1.07. The predicted molar refractivity (Wildman–Crippen MR) is 66.7 cm³/mol. The summed E-state index contributed by atoms with van der Waals surface area (Å²) >= 11 is 0. The number of benzene rings is 1. The second kappa shape index (κ2) is 5.47. The Labute approximate surface area is 101 Å². The summed E-state index contributed by atoms with van der Waals surface area (Å²) in [5, 5.41) is 9.32. The van der Waals surface area contributed by atoms with Crippen molar-refractivity contribution in [2.75, 3.05) is 37.6 Å². The van der Waals surface area contributed by atoms with Gasteiger partial charge in [0.05, 0.1) is 6.10 Å². The summed E-state index contributed by atoms with van der Waals surface area (Å²) in [5.74, 6) is -0.193. The zero-order valence-corrected chi connectivity index (χ0v) is 10.1. The molecule has 0 amide bonds. The fraction of sp³-hybridized carbons (Fsp3) is 0.538. The van der Waals surface area contributed by atoms with Crippen LogP contribution in [0.3, 0.4) is 0 Å². The fourth-order valence-corrected chi connectivity index (χ4v) is 2.21. The molecular formula is C13H19FN2O. The maximum Gasteiger partial charge on any atom is 0.123 e. The number of piperazine rings is 1. The highest BCUT2D eigenvalue weighted by atomic mass is 19.1. The number of aliphatic hydroxyl groups is 1. The van der Waals surface area contributed by atoms with E-state index in [-0.39, 0.29) is 11.9 Å². The molecule has 4 heteroatoms. The standard InChI is InChI=1S/C13H19FN2O/c1-11(17)10-15-6-8-16(9-7-15)13-4-2-12(14)3-5-13/h2-5,11,17H,6-10H2,1H3. The van der Waals surface area contributed by atoms with E-state index in [1.165, 1.54) is 12.1 Å². The molecule has 17 heavy (non-hydrogen) atoms. The number of hydrogen-bond acceptors (Lipinski definition) is 3. The van der Waals surface area contributed by atoms with Crippen LogP contribution in [0.1, 0.15) is 6.92 Å². The highest BCUT2D eigenvalue weighted by molar-refractivity contribution is 5.46. The second-order valence-corrected chi connectivity index (χ2v) is 4.61. The summed E-state index contributed by atoms with van der Waals surface area (Å²) in [6.07, 6.45) is -0.271. The van der Waals surface area contributed by atoms with Gasteiger partial charge in [0.2, 0.25) is 0 Å². The van der Waals surface area contributed by atoms with Crippen molar-refractivity contribution in [2.24, 2.45) is 0 Å². The van der Waals surface area contributed by atoms with E-state index in [2.05, 4.69) is 9.80 Å². The molecule has 1 atom stereocenters. The summed E-state index contributed by atoms with van der Waals surface area (Å²) in [6.45, 7) is 6.30. The van der Waals surface area contributed by atoms with Gasteiger partial charge < -0.3 is 10.0 Å². The first kappa shape index (κ1) is 12.3. The molecule has 1 N–H and O–H groups in total. The third-order valence-corrected chi connectivity index (χ3v) is 3.09. The zero-order valence-electron chi connectivity index (χ0n) is 10.1. The summed E-state index contributed by atoms with van der Waals surface area (Å²) in [6, 6.07) is 6.63. The molecule has 0 aromatic heterocycles. The zero-order chi connectivity index (χ0) is 12.3. The minimum absolute atomic E-state index is 0.193. The van der Waals surface area contributed by atoms with Gasteiger partial charge in [0.1, 0.15) is 5.82 Å². The summed E-state index contributed by atoms with van der Waals surface area (Å²) in [7, 11) is 0. The van der Waals surface area contributed by atoms with Crippen LogP contribution in [0.4, 0.5) is 10.1 Å². The maximum absolute atomic E-state index is 12.8. The van der Waals surface area contributed by atoms with Crippen molar-refractivity contribution in [1.82, 2.24) is 4.90 Å². The second-order valence-electron chi connectivity index (χ2n) is 4.61. The van der Waals surface area contributed by atoms with Gasteiger partial charge in [-0.3, -0.25) is 4.90 Å². The summed E-state index contributed by atoms with van der Waals surface area (Å²) in [4.78, 5) is 4.50. The van der Waals surface area contributed by atoms with Crippen LogP contribution < -0.4 is 4.90 Å². The van der Waals surface area contributed by atoms with Crippen LogP contribution in [0, 0.1) is 5.82 Å². The van der Waals surface area contributed by atoms with Crippen LogP contribution in [0.5, 0.6) is 0 Å². The number of halogens is 1. The quantitative estimate of drug-likeness (QED) is 0.860. The average molecular weight is 238 g/mol. The number of β-amino-alcohol motifs (C(OH)–C–C–N with tert-alkyl or cyclic N) is 1. The van der Waals surface area contributed by atoms with E-state index >= 15 is 0 Å². The Morgan fingerprint density at radius 3 is 2.29 bits per heavy atom. The highest BCUT2D eigenvalue weighted by Crippen LogP contribution is 2.16. The molecule has 0 aliphatic carbocycles. The molecule has 1 aliphatic heterocycles. The van der Waals surface area contributed by atoms with E-state index in [1.54, 1.807) is 0 Å². The van der Waals surface area contributed by atoms with Crippen molar-refractivity contribution in [2.45, 2.75) is 13.0 Å². The van der Waals surface area contributed by atoms with Crippen molar-refractivity contribution in [3.8, 4) is 0 Å². The van der Waals surface area contributed by atoms with E-state index < -0.39 is 0 Å². The van der Waals surface area contributed by atoms with Crippen molar-refractivity contribution in [1.29, 1.82) is 0 Å². The summed E-state index contributed by atoms with van der Waals surface area (Å²) < 4.78 is 12.8. The SMILES string of the molecule is CC(O)CN1CCN(c2ccc(F)cc2)CC1. The Morgan fingerprint density at radius 2 is 1.76 bits per heavy atom. The Kier molecular flexibility index (Phi) is 3.97. The molecular weight excluding hydrogens is 219 g/mol. The van der Waals surface area contributed by atoms with Crippen LogP contribution in [0.2, 0.25) is 0 Å². The van der Waals surface area contributed by atoms with Gasteiger partial charge >= 0.3 is 0 Å². The lowest BCUT2D eigenvalue weighted by Gasteiger charge is -2.36. The monoisotopic (exact) mass is 238 g/mol. The van der Waals surface area contributed by atoms with Crippen molar-refractivity contribution in [3.63, 3.8) is 0 Å². The number of nitrogens with zero attached hydrogens (tertiary/aromatic N) is 2. The molecule has 2 rings (SSSR count). The Morgan fingerprint density at radius 1 is 1.18 bits per heavy atom. The van der Waals surface area contributed by atoms with Gasteiger partial charge in [0.25, 0.3) is 0 Å². The Balaban J connectivity index is 1.88. The fourth-order valence-electron chi connectivity index (χ4n) is 2.21. The van der Waals surface area contributed by atoms with Gasteiger partial charge in [-0.1, -0.05) is 0 Å². The molecule has 3 nitrogen and oxygen atoms in total. The van der Waals surface area contributed by atoms with Crippen molar-refractivity contribution < 1.29 is 9.50 Å². The van der Waals surface area contributed by atoms with Crippen LogP contribution in [-0.4, -0.2) is 48.8 Å². The van der Waals surface area contributed by atoms with Gasteiger partial charge in [0, 0.05) is 38.4 Å². The molecule has 0 bridgehead atoms. The highest BCUT2D eigenvalue weighted by Gasteiger charge is 2.17. The van der Waals surface area contributed by atoms with E-state index in [1.807, 2.05) is 19.1 Å². The number of hydrogen-bond donors (Lipinski definition) is 1. The molecule has 0 spiro atoms. The molecule has 1 aromatic carbocycles. The maximum atomic E-state index is 12.8. The van der Waals surface area contributed by atoms with Crippen molar-refractivity contribution in [3.05, 3.63) is 30.1 Å². The van der Waals surface area contributed by atoms with Gasteiger partial charge in [-0.25, -0.2) is 4.39 Å². The van der Waals surface area contributed by atoms with E-state index in [0.717, 1.165) is 38.4 Å². The van der Waals surface area contributed by atoms with Crippen LogP contribution in [-0.2, 0) is 0 Å². The molecule has 1 heterocycles. The lowest BCUT2D eigenvalue weighted by atomic mass is 10.2. The first-order valence-corrected chi connectivity index (χ1v) is 6.06. The molecule has 0 radical (unpaired) electrons. The van der Waals surface area contributed by atoms with E-state index in [9.17, 15) is 9.50 Å². The van der Waals surface area contributed by atoms with Gasteiger partial charge in [0.15, 0.2) is 0 Å². The average Bonchev–Trinajstić information content (AvgIpc) is 2.30. The number of aliphatic hydroxyl groups excluding tert-OH is 1. The third kappa shape index (κ3) is 3.41. The molecule has 0 saturated carbocycles. The van der Waals surface area contributed by atoms with E-state index in [0.29, 0.717) is 0 Å². The number of anilines is 1. The third-order valence-electron chi connectivity index (χ3n) is 3.09. The Hall–Kier alpha value is -1.13. The van der Waals surface area contributed by atoms with Gasteiger partial charge in [-0.05, 0) is 31.2 Å². The topological polar surface area (TPSA) is 26.7 Å². The minimum Gasteiger partial charge on any atom is -0.392 e. The smallest absolute Gasteiger partial charge is 0.123 e. The number of rotatable bonds is 3. The molecule has 1 saturated heterocycles. The molecule has 94 valence electrons. The van der Waals surface area contributed by atoms with Crippen molar-refractivity contribution >= 4 is 5.69 Å². The first-order chi connectivity index (χ1) is 8.15. The molecule has 1 aromatic rings. The molecule has 1 aliphatic rings. The molecule has 1 unspecified atom stereocenters. The lowest BCUT2D eigenvalue weighted by molar-refractivity contribution is 0.122. The van der Waals surface area contributed by atoms with Gasteiger partial charge in [-0.2, -0.15) is 0 Å². The lowest BCUT2D eigenvalue weighted by Crippen LogP contribution is -2.48. The van der Waals surface area contributed by atoms with E-state index in [4.69, 9.17) is 0 Å². The molecule has 1 fully saturated rings. The van der Waals surface area contributed by atoms with Gasteiger partial charge in [-0.15, -0.1) is 0 Å². The van der Waals surface area contributed by atoms with Crippen LogP contribution >= 0.6 is 0 Å². The Bertz CT molecular complexity index is 345. The van der Waals surface area contributed by atoms with Crippen LogP contribution in [0.15, 0.2) is 24.3 Å². The largest absolute Gasteiger partial charge is 0.392 e.